The maximum atomic E-state index is 13.6. The molecule has 1 heterocycles. The molecule has 32 heavy (non-hydrogen) atoms. The van der Waals surface area contributed by atoms with Crippen LogP contribution < -0.4 is 5.43 Å². The van der Waals surface area contributed by atoms with E-state index in [0.717, 1.165) is 26.5 Å². The SMILES string of the molecule is N#Cc1cc(C(=O)NN=Cc2cccc3c2ccn3Cc2cc(F)ccc2Br)ccc1O. The van der Waals surface area contributed by atoms with Crippen LogP contribution in [-0.4, -0.2) is 21.8 Å². The van der Waals surface area contributed by atoms with Crippen LogP contribution in [0.4, 0.5) is 4.39 Å². The van der Waals surface area contributed by atoms with Gasteiger partial charge in [-0.25, -0.2) is 9.82 Å². The minimum atomic E-state index is -0.501. The van der Waals surface area contributed by atoms with Gasteiger partial charge in [0.05, 0.1) is 11.8 Å². The first-order valence-corrected chi connectivity index (χ1v) is 10.3. The zero-order valence-corrected chi connectivity index (χ0v) is 18.2. The van der Waals surface area contributed by atoms with Crippen LogP contribution in [0, 0.1) is 17.1 Å². The lowest BCUT2D eigenvalue weighted by Gasteiger charge is -2.08. The van der Waals surface area contributed by atoms with Gasteiger partial charge < -0.3 is 9.67 Å². The average Bonchev–Trinajstić information content (AvgIpc) is 3.20. The standard InChI is InChI=1S/C24H16BrFN4O2/c25-21-6-5-19(26)11-18(21)14-30-9-8-20-16(2-1-3-22(20)30)13-28-29-24(32)15-4-7-23(31)17(10-15)12-27/h1-11,13,31H,14H2,(H,29,32). The van der Waals surface area contributed by atoms with Gasteiger partial charge in [-0.1, -0.05) is 28.1 Å². The summed E-state index contributed by atoms with van der Waals surface area (Å²) in [5, 5.41) is 23.5. The predicted molar refractivity (Wildman–Crippen MR) is 123 cm³/mol. The highest BCUT2D eigenvalue weighted by molar-refractivity contribution is 9.10. The van der Waals surface area contributed by atoms with Gasteiger partial charge in [0, 0.05) is 39.2 Å². The second kappa shape index (κ2) is 9.04. The van der Waals surface area contributed by atoms with Crippen molar-refractivity contribution < 1.29 is 14.3 Å². The van der Waals surface area contributed by atoms with Crippen molar-refractivity contribution in [3.63, 3.8) is 0 Å². The Morgan fingerprint density at radius 2 is 2.06 bits per heavy atom. The molecule has 8 heteroatoms. The van der Waals surface area contributed by atoms with Crippen LogP contribution in [0.2, 0.25) is 0 Å². The molecule has 0 atom stereocenters. The van der Waals surface area contributed by atoms with Crippen LogP contribution in [0.25, 0.3) is 10.9 Å². The lowest BCUT2D eigenvalue weighted by atomic mass is 10.1. The number of phenolic OH excluding ortho intramolecular Hbond substituents is 1. The van der Waals surface area contributed by atoms with Crippen molar-refractivity contribution in [1.82, 2.24) is 9.99 Å². The van der Waals surface area contributed by atoms with E-state index in [2.05, 4.69) is 26.5 Å². The Kier molecular flexibility index (Phi) is 6.01. The number of fused-ring (bicyclic) bond motifs is 1. The van der Waals surface area contributed by atoms with Crippen molar-refractivity contribution in [2.45, 2.75) is 6.54 Å². The van der Waals surface area contributed by atoms with Crippen molar-refractivity contribution >= 4 is 39.0 Å². The number of nitriles is 1. The van der Waals surface area contributed by atoms with Gasteiger partial charge in [-0.15, -0.1) is 0 Å². The van der Waals surface area contributed by atoms with E-state index in [0.29, 0.717) is 6.54 Å². The summed E-state index contributed by atoms with van der Waals surface area (Å²) in [6, 6.07) is 18.0. The molecule has 0 radical (unpaired) electrons. The molecule has 4 aromatic rings. The van der Waals surface area contributed by atoms with Gasteiger partial charge in [-0.2, -0.15) is 10.4 Å². The molecule has 158 valence electrons. The molecule has 0 unspecified atom stereocenters. The summed E-state index contributed by atoms with van der Waals surface area (Å²) in [6.07, 6.45) is 3.45. The third-order valence-corrected chi connectivity index (χ3v) is 5.72. The molecular weight excluding hydrogens is 475 g/mol. The van der Waals surface area contributed by atoms with Crippen LogP contribution in [0.3, 0.4) is 0 Å². The Morgan fingerprint density at radius 1 is 1.22 bits per heavy atom. The third kappa shape index (κ3) is 4.38. The average molecular weight is 491 g/mol. The number of carbonyl (C=O) groups is 1. The molecule has 3 aromatic carbocycles. The number of carbonyl (C=O) groups excluding carboxylic acids is 1. The van der Waals surface area contributed by atoms with Crippen molar-refractivity contribution in [3.05, 3.63) is 99.4 Å². The predicted octanol–water partition coefficient (Wildman–Crippen LogP) is 4.93. The summed E-state index contributed by atoms with van der Waals surface area (Å²) < 4.78 is 16.5. The number of halogens is 2. The van der Waals surface area contributed by atoms with Gasteiger partial charge in [0.25, 0.3) is 5.91 Å². The van der Waals surface area contributed by atoms with Gasteiger partial charge in [0.2, 0.25) is 0 Å². The van der Waals surface area contributed by atoms with E-state index in [1.807, 2.05) is 41.1 Å². The summed E-state index contributed by atoms with van der Waals surface area (Å²) in [5.74, 6) is -0.980. The topological polar surface area (TPSA) is 90.4 Å². The Hall–Kier alpha value is -3.96. The zero-order chi connectivity index (χ0) is 22.7. The van der Waals surface area contributed by atoms with Crippen LogP contribution in [0.15, 0.2) is 76.4 Å². The van der Waals surface area contributed by atoms with E-state index in [1.54, 1.807) is 6.07 Å². The number of phenols is 1. The van der Waals surface area contributed by atoms with Crippen molar-refractivity contribution in [3.8, 4) is 11.8 Å². The molecule has 6 nitrogen and oxygen atoms in total. The summed E-state index contributed by atoms with van der Waals surface area (Å²) in [4.78, 5) is 12.3. The molecule has 0 saturated carbocycles. The molecule has 1 amide bonds. The normalized spacial score (nSPS) is 11.0. The number of hydrogen-bond acceptors (Lipinski definition) is 4. The Bertz CT molecular complexity index is 1410. The van der Waals surface area contributed by atoms with Crippen LogP contribution in [-0.2, 0) is 6.54 Å². The van der Waals surface area contributed by atoms with E-state index in [9.17, 15) is 14.3 Å². The number of amides is 1. The first kappa shape index (κ1) is 21.3. The smallest absolute Gasteiger partial charge is 0.271 e. The Morgan fingerprint density at radius 3 is 2.88 bits per heavy atom. The molecule has 0 bridgehead atoms. The van der Waals surface area contributed by atoms with Crippen LogP contribution >= 0.6 is 15.9 Å². The van der Waals surface area contributed by atoms with Gasteiger partial charge in [0.15, 0.2) is 0 Å². The minimum Gasteiger partial charge on any atom is -0.507 e. The molecule has 4 rings (SSSR count). The maximum Gasteiger partial charge on any atom is 0.271 e. The molecule has 0 aliphatic rings. The van der Waals surface area contributed by atoms with Gasteiger partial charge in [-0.3, -0.25) is 4.79 Å². The van der Waals surface area contributed by atoms with Gasteiger partial charge in [0.1, 0.15) is 17.6 Å². The Balaban J connectivity index is 1.54. The van der Waals surface area contributed by atoms with Gasteiger partial charge in [-0.05, 0) is 54.1 Å². The van der Waals surface area contributed by atoms with Crippen molar-refractivity contribution in [2.24, 2.45) is 5.10 Å². The fourth-order valence-corrected chi connectivity index (χ4v) is 3.71. The first-order chi connectivity index (χ1) is 15.5. The summed E-state index contributed by atoms with van der Waals surface area (Å²) in [5.41, 5.74) is 5.20. The molecule has 2 N–H and O–H groups in total. The number of hydrazone groups is 1. The first-order valence-electron chi connectivity index (χ1n) is 9.54. The quantitative estimate of drug-likeness (QED) is 0.306. The molecule has 0 aliphatic heterocycles. The molecule has 0 saturated heterocycles. The summed E-state index contributed by atoms with van der Waals surface area (Å²) in [7, 11) is 0. The number of aromatic hydroxyl groups is 1. The highest BCUT2D eigenvalue weighted by atomic mass is 79.9. The number of nitrogens with zero attached hydrogens (tertiary/aromatic N) is 3. The molecule has 0 spiro atoms. The number of aromatic nitrogens is 1. The van der Waals surface area contributed by atoms with E-state index < -0.39 is 5.91 Å². The lowest BCUT2D eigenvalue weighted by Crippen LogP contribution is -2.17. The van der Waals surface area contributed by atoms with Crippen LogP contribution in [0.5, 0.6) is 5.75 Å². The maximum absolute atomic E-state index is 13.6. The monoisotopic (exact) mass is 490 g/mol. The fraction of sp³-hybridized carbons (Fsp3) is 0.0417. The number of nitrogens with one attached hydrogen (secondary N) is 1. The zero-order valence-electron chi connectivity index (χ0n) is 16.6. The molecule has 0 fully saturated rings. The second-order valence-corrected chi connectivity index (χ2v) is 7.86. The van der Waals surface area contributed by atoms with Crippen molar-refractivity contribution in [2.75, 3.05) is 0 Å². The summed E-state index contributed by atoms with van der Waals surface area (Å²) in [6.45, 7) is 0.487. The van der Waals surface area contributed by atoms with Crippen molar-refractivity contribution in [1.29, 1.82) is 5.26 Å². The molecular formula is C24H16BrFN4O2. The van der Waals surface area contributed by atoms with E-state index >= 15 is 0 Å². The number of rotatable bonds is 5. The Labute approximate surface area is 191 Å². The number of benzene rings is 3. The van der Waals surface area contributed by atoms with E-state index in [-0.39, 0.29) is 22.7 Å². The third-order valence-electron chi connectivity index (χ3n) is 4.94. The second-order valence-electron chi connectivity index (χ2n) is 7.00. The van der Waals surface area contributed by atoms with E-state index in [4.69, 9.17) is 5.26 Å². The minimum absolute atomic E-state index is 0.0117. The fourth-order valence-electron chi connectivity index (χ4n) is 3.34. The largest absolute Gasteiger partial charge is 0.507 e. The summed E-state index contributed by atoms with van der Waals surface area (Å²) >= 11 is 3.46. The number of hydrogen-bond donors (Lipinski definition) is 2. The van der Waals surface area contributed by atoms with E-state index in [1.165, 1.54) is 36.5 Å². The highest BCUT2D eigenvalue weighted by Crippen LogP contribution is 2.24. The van der Waals surface area contributed by atoms with Gasteiger partial charge >= 0.3 is 0 Å². The molecule has 1 aromatic heterocycles. The van der Waals surface area contributed by atoms with Crippen LogP contribution in [0.1, 0.15) is 27.0 Å². The molecule has 0 aliphatic carbocycles. The highest BCUT2D eigenvalue weighted by Gasteiger charge is 2.10. The lowest BCUT2D eigenvalue weighted by molar-refractivity contribution is 0.0955.